The third-order valence-electron chi connectivity index (χ3n) is 16.3. The Hall–Kier alpha value is -2.63. The molecule has 0 saturated heterocycles. The Kier molecular flexibility index (Phi) is 67.6. The zero-order valence-electron chi connectivity index (χ0n) is 54.6. The molecule has 474 valence electrons. The van der Waals surface area contributed by atoms with Crippen molar-refractivity contribution in [3.8, 4) is 0 Å². The van der Waals surface area contributed by atoms with Crippen LogP contribution in [0.5, 0.6) is 0 Å². The SMILES string of the molecule is CCCCCCC/C=C\C/C=C\C/C=C\CCCCCCCCCCC(=O)OCC(COC(=O)CCCCCCCCC/C=C\CCCCCCCC)OC(=O)CCCCCCCCCCCCCCCCCCCCCCCCC. The van der Waals surface area contributed by atoms with Crippen molar-refractivity contribution in [1.29, 1.82) is 0 Å². The predicted octanol–water partition coefficient (Wildman–Crippen LogP) is 24.9. The van der Waals surface area contributed by atoms with E-state index in [1.807, 2.05) is 0 Å². The summed E-state index contributed by atoms with van der Waals surface area (Å²) in [7, 11) is 0. The molecule has 0 saturated carbocycles. The number of carbonyl (C=O) groups is 3. The highest BCUT2D eigenvalue weighted by atomic mass is 16.6. The van der Waals surface area contributed by atoms with Crippen molar-refractivity contribution in [2.45, 2.75) is 399 Å². The van der Waals surface area contributed by atoms with Gasteiger partial charge >= 0.3 is 17.9 Å². The zero-order chi connectivity index (χ0) is 58.5. The summed E-state index contributed by atoms with van der Waals surface area (Å²) >= 11 is 0. The van der Waals surface area contributed by atoms with E-state index >= 15 is 0 Å². The molecule has 6 nitrogen and oxygen atoms in total. The minimum Gasteiger partial charge on any atom is -0.462 e. The molecule has 0 aliphatic heterocycles. The number of hydrogen-bond donors (Lipinski definition) is 0. The van der Waals surface area contributed by atoms with Crippen LogP contribution in [0, 0.1) is 0 Å². The van der Waals surface area contributed by atoms with Crippen LogP contribution in [0.15, 0.2) is 48.6 Å². The van der Waals surface area contributed by atoms with Crippen LogP contribution in [-0.4, -0.2) is 37.2 Å². The van der Waals surface area contributed by atoms with E-state index in [0.29, 0.717) is 19.3 Å². The number of esters is 3. The standard InChI is InChI=1S/C75H138O6/c1-4-7-10-13-16-19-22-25-28-31-33-35-37-39-41-44-47-50-53-56-59-62-65-68-74(77)80-71-72(70-79-73(76)67-64-61-58-55-52-49-46-43-30-27-24-21-18-15-12-9-6-3)81-75(78)69-66-63-60-57-54-51-48-45-42-40-38-36-34-32-29-26-23-20-17-14-11-8-5-2/h22,25,27,30-31,33,37,39,72H,4-21,23-24,26,28-29,32,34-36,38,40-71H2,1-3H3/b25-22-,30-27-,33-31-,39-37-. The Bertz CT molecular complexity index is 1400. The number of allylic oxidation sites excluding steroid dienone is 8. The largest absolute Gasteiger partial charge is 0.462 e. The lowest BCUT2D eigenvalue weighted by atomic mass is 10.0. The minimum absolute atomic E-state index is 0.0737. The van der Waals surface area contributed by atoms with Crippen molar-refractivity contribution in [3.63, 3.8) is 0 Å². The van der Waals surface area contributed by atoms with Crippen molar-refractivity contribution < 1.29 is 28.6 Å². The lowest BCUT2D eigenvalue weighted by molar-refractivity contribution is -0.167. The smallest absolute Gasteiger partial charge is 0.306 e. The molecule has 1 atom stereocenters. The first kappa shape index (κ1) is 78.4. The molecule has 0 amide bonds. The van der Waals surface area contributed by atoms with Gasteiger partial charge in [-0.2, -0.15) is 0 Å². The molecule has 0 fully saturated rings. The van der Waals surface area contributed by atoms with Gasteiger partial charge in [-0.3, -0.25) is 14.4 Å². The first-order valence-electron chi connectivity index (χ1n) is 36.1. The zero-order valence-corrected chi connectivity index (χ0v) is 54.6. The molecule has 0 N–H and O–H groups in total. The van der Waals surface area contributed by atoms with Crippen molar-refractivity contribution in [2.24, 2.45) is 0 Å². The van der Waals surface area contributed by atoms with E-state index in [2.05, 4.69) is 69.4 Å². The fourth-order valence-electron chi connectivity index (χ4n) is 10.9. The van der Waals surface area contributed by atoms with Crippen LogP contribution in [0.1, 0.15) is 393 Å². The number of ether oxygens (including phenoxy) is 3. The summed E-state index contributed by atoms with van der Waals surface area (Å²) in [4.78, 5) is 38.5. The van der Waals surface area contributed by atoms with Gasteiger partial charge in [-0.05, 0) is 83.5 Å². The molecule has 0 aromatic heterocycles. The van der Waals surface area contributed by atoms with Crippen LogP contribution in [0.2, 0.25) is 0 Å². The molecule has 6 heteroatoms. The third-order valence-corrected chi connectivity index (χ3v) is 16.3. The summed E-state index contributed by atoms with van der Waals surface area (Å²) in [5, 5.41) is 0. The Labute approximate surface area is 505 Å². The molecule has 1 unspecified atom stereocenters. The van der Waals surface area contributed by atoms with E-state index in [1.54, 1.807) is 0 Å². The monoisotopic (exact) mass is 1140 g/mol. The van der Waals surface area contributed by atoms with E-state index in [4.69, 9.17) is 14.2 Å². The van der Waals surface area contributed by atoms with Gasteiger partial charge in [0.25, 0.3) is 0 Å². The maximum absolute atomic E-state index is 13.0. The van der Waals surface area contributed by atoms with Crippen LogP contribution in [-0.2, 0) is 28.6 Å². The lowest BCUT2D eigenvalue weighted by Gasteiger charge is -2.18. The molecule has 0 rings (SSSR count). The Morgan fingerprint density at radius 1 is 0.247 bits per heavy atom. The van der Waals surface area contributed by atoms with Crippen LogP contribution in [0.4, 0.5) is 0 Å². The highest BCUT2D eigenvalue weighted by Crippen LogP contribution is 2.18. The van der Waals surface area contributed by atoms with Crippen LogP contribution < -0.4 is 0 Å². The average molecular weight is 1140 g/mol. The van der Waals surface area contributed by atoms with E-state index in [0.717, 1.165) is 77.0 Å². The quantitative estimate of drug-likeness (QED) is 0.0261. The van der Waals surface area contributed by atoms with Gasteiger partial charge in [-0.15, -0.1) is 0 Å². The van der Waals surface area contributed by atoms with Gasteiger partial charge in [-0.1, -0.05) is 339 Å². The number of hydrogen-bond acceptors (Lipinski definition) is 6. The van der Waals surface area contributed by atoms with Gasteiger partial charge in [-0.25, -0.2) is 0 Å². The lowest BCUT2D eigenvalue weighted by Crippen LogP contribution is -2.30. The third kappa shape index (κ3) is 68.0. The van der Waals surface area contributed by atoms with Gasteiger partial charge in [0.2, 0.25) is 0 Å². The fraction of sp³-hybridized carbons (Fsp3) is 0.853. The summed E-state index contributed by atoms with van der Waals surface area (Å²) in [6.45, 7) is 6.69. The van der Waals surface area contributed by atoms with Crippen LogP contribution >= 0.6 is 0 Å². The normalized spacial score (nSPS) is 12.3. The molecule has 0 radical (unpaired) electrons. The van der Waals surface area contributed by atoms with Gasteiger partial charge in [0.1, 0.15) is 13.2 Å². The first-order chi connectivity index (χ1) is 40.0. The highest BCUT2D eigenvalue weighted by Gasteiger charge is 2.19. The van der Waals surface area contributed by atoms with E-state index in [9.17, 15) is 14.4 Å². The van der Waals surface area contributed by atoms with Crippen LogP contribution in [0.3, 0.4) is 0 Å². The van der Waals surface area contributed by atoms with Gasteiger partial charge in [0.05, 0.1) is 0 Å². The van der Waals surface area contributed by atoms with Crippen LogP contribution in [0.25, 0.3) is 0 Å². The Morgan fingerprint density at radius 2 is 0.444 bits per heavy atom. The number of unbranched alkanes of at least 4 members (excludes halogenated alkanes) is 48. The predicted molar refractivity (Wildman–Crippen MR) is 353 cm³/mol. The number of carbonyl (C=O) groups excluding carboxylic acids is 3. The van der Waals surface area contributed by atoms with Crippen molar-refractivity contribution >= 4 is 17.9 Å². The maximum Gasteiger partial charge on any atom is 0.306 e. The second-order valence-corrected chi connectivity index (χ2v) is 24.5. The molecule has 0 spiro atoms. The highest BCUT2D eigenvalue weighted by molar-refractivity contribution is 5.71. The van der Waals surface area contributed by atoms with Crippen molar-refractivity contribution in [2.75, 3.05) is 13.2 Å². The molecule has 0 aromatic rings. The topological polar surface area (TPSA) is 78.9 Å². The second-order valence-electron chi connectivity index (χ2n) is 24.5. The molecule has 0 heterocycles. The Balaban J connectivity index is 4.33. The molecule has 81 heavy (non-hydrogen) atoms. The summed E-state index contributed by atoms with van der Waals surface area (Å²) in [6.07, 6.45) is 88.5. The van der Waals surface area contributed by atoms with Crippen molar-refractivity contribution in [1.82, 2.24) is 0 Å². The summed E-state index contributed by atoms with van der Waals surface area (Å²) in [5.41, 5.74) is 0. The average Bonchev–Trinajstić information content (AvgIpc) is 3.47. The minimum atomic E-state index is -0.778. The molecular weight excluding hydrogens is 997 g/mol. The van der Waals surface area contributed by atoms with Gasteiger partial charge in [0, 0.05) is 19.3 Å². The summed E-state index contributed by atoms with van der Waals surface area (Å²) in [5.74, 6) is -0.856. The molecule has 0 aromatic carbocycles. The second kappa shape index (κ2) is 69.9. The molecule has 0 aliphatic carbocycles. The van der Waals surface area contributed by atoms with E-state index < -0.39 is 6.10 Å². The summed E-state index contributed by atoms with van der Waals surface area (Å²) in [6, 6.07) is 0. The number of rotatable bonds is 67. The van der Waals surface area contributed by atoms with E-state index in [1.165, 1.54) is 276 Å². The first-order valence-corrected chi connectivity index (χ1v) is 36.1. The molecule has 0 aliphatic rings. The van der Waals surface area contributed by atoms with Gasteiger partial charge in [0.15, 0.2) is 6.10 Å². The van der Waals surface area contributed by atoms with Crippen molar-refractivity contribution in [3.05, 3.63) is 48.6 Å². The fourth-order valence-corrected chi connectivity index (χ4v) is 10.9. The van der Waals surface area contributed by atoms with E-state index in [-0.39, 0.29) is 31.1 Å². The Morgan fingerprint density at radius 3 is 0.704 bits per heavy atom. The van der Waals surface area contributed by atoms with Gasteiger partial charge < -0.3 is 14.2 Å². The molecular formula is C75H138O6. The maximum atomic E-state index is 13.0. The molecule has 0 bridgehead atoms. The summed E-state index contributed by atoms with van der Waals surface area (Å²) < 4.78 is 17.0.